The Hall–Kier alpha value is -2.58. The maximum absolute atomic E-state index is 12.6. The van der Waals surface area contributed by atoms with Crippen molar-refractivity contribution >= 4 is 6.09 Å². The van der Waals surface area contributed by atoms with E-state index < -0.39 is 17.8 Å². The lowest BCUT2D eigenvalue weighted by molar-refractivity contribution is -0.137. The average Bonchev–Trinajstić information content (AvgIpc) is 3.03. The normalized spacial score (nSPS) is 16.2. The molecule has 25 heavy (non-hydrogen) atoms. The molecule has 0 atom stereocenters. The highest BCUT2D eigenvalue weighted by atomic mass is 19.4. The third-order valence-electron chi connectivity index (χ3n) is 4.24. The number of hydrogen-bond donors (Lipinski definition) is 1. The molecule has 1 N–H and O–H groups in total. The van der Waals surface area contributed by atoms with E-state index in [4.69, 9.17) is 9.63 Å². The first-order valence-electron chi connectivity index (χ1n) is 7.79. The second-order valence-electron chi connectivity index (χ2n) is 5.96. The van der Waals surface area contributed by atoms with E-state index in [-0.39, 0.29) is 12.3 Å². The molecule has 0 bridgehead atoms. The topological polar surface area (TPSA) is 79.5 Å². The second kappa shape index (κ2) is 6.73. The van der Waals surface area contributed by atoms with Crippen LogP contribution in [0.3, 0.4) is 0 Å². The average molecular weight is 355 g/mol. The van der Waals surface area contributed by atoms with Gasteiger partial charge >= 0.3 is 12.3 Å². The summed E-state index contributed by atoms with van der Waals surface area (Å²) >= 11 is 0. The molecule has 0 spiro atoms. The Morgan fingerprint density at radius 3 is 2.44 bits per heavy atom. The van der Waals surface area contributed by atoms with Gasteiger partial charge in [0.15, 0.2) is 5.82 Å². The van der Waals surface area contributed by atoms with Gasteiger partial charge in [-0.15, -0.1) is 0 Å². The Kier molecular flexibility index (Phi) is 4.65. The molecule has 3 rings (SSSR count). The summed E-state index contributed by atoms with van der Waals surface area (Å²) in [6.45, 7) is 0.827. The van der Waals surface area contributed by atoms with E-state index in [1.54, 1.807) is 0 Å². The molecule has 1 aromatic carbocycles. The summed E-state index contributed by atoms with van der Waals surface area (Å²) in [7, 11) is 0. The molecule has 9 heteroatoms. The number of nitrogens with zero attached hydrogens (tertiary/aromatic N) is 3. The first-order valence-corrected chi connectivity index (χ1v) is 7.79. The van der Waals surface area contributed by atoms with Crippen molar-refractivity contribution in [1.29, 1.82) is 0 Å². The van der Waals surface area contributed by atoms with E-state index in [1.807, 2.05) is 0 Å². The van der Waals surface area contributed by atoms with Gasteiger partial charge in [0.25, 0.3) is 0 Å². The van der Waals surface area contributed by atoms with Crippen LogP contribution < -0.4 is 0 Å². The lowest BCUT2D eigenvalue weighted by Gasteiger charge is -2.27. The number of likely N-dealkylation sites (tertiary alicyclic amines) is 1. The molecule has 1 amide bonds. The number of halogens is 3. The number of carbonyl (C=O) groups is 1. The number of amides is 1. The molecule has 0 unspecified atom stereocenters. The summed E-state index contributed by atoms with van der Waals surface area (Å²) in [4.78, 5) is 16.5. The minimum Gasteiger partial charge on any atom is -0.465 e. The van der Waals surface area contributed by atoms with Crippen molar-refractivity contribution in [3.8, 4) is 0 Å². The predicted octanol–water partition coefficient (Wildman–Crippen LogP) is 3.54. The van der Waals surface area contributed by atoms with Gasteiger partial charge in [-0.1, -0.05) is 17.3 Å². The van der Waals surface area contributed by atoms with Crippen LogP contribution in [0.1, 0.15) is 41.6 Å². The predicted molar refractivity (Wildman–Crippen MR) is 80.1 cm³/mol. The number of benzene rings is 1. The molecule has 1 fully saturated rings. The fraction of sp³-hybridized carbons (Fsp3) is 0.438. The molecule has 0 radical (unpaired) electrons. The van der Waals surface area contributed by atoms with Crippen LogP contribution in [0.15, 0.2) is 28.8 Å². The Morgan fingerprint density at radius 1 is 1.24 bits per heavy atom. The van der Waals surface area contributed by atoms with Crippen LogP contribution in [0.5, 0.6) is 0 Å². The van der Waals surface area contributed by atoms with Crippen molar-refractivity contribution < 1.29 is 27.6 Å². The maximum Gasteiger partial charge on any atom is 0.416 e. The smallest absolute Gasteiger partial charge is 0.416 e. The van der Waals surface area contributed by atoms with Gasteiger partial charge in [0.05, 0.1) is 5.56 Å². The maximum atomic E-state index is 12.6. The van der Waals surface area contributed by atoms with Crippen LogP contribution in [-0.4, -0.2) is 39.3 Å². The lowest BCUT2D eigenvalue weighted by Crippen LogP contribution is -2.36. The van der Waals surface area contributed by atoms with Crippen molar-refractivity contribution in [3.05, 3.63) is 47.1 Å². The van der Waals surface area contributed by atoms with Crippen LogP contribution in [-0.2, 0) is 12.6 Å². The minimum atomic E-state index is -4.36. The molecule has 1 aliphatic rings. The Morgan fingerprint density at radius 2 is 1.88 bits per heavy atom. The first-order chi connectivity index (χ1) is 11.8. The summed E-state index contributed by atoms with van der Waals surface area (Å²) in [6.07, 6.45) is -3.81. The Bertz CT molecular complexity index is 735. The first kappa shape index (κ1) is 17.2. The van der Waals surface area contributed by atoms with Gasteiger partial charge in [-0.2, -0.15) is 18.2 Å². The zero-order chi connectivity index (χ0) is 18.0. The highest BCUT2D eigenvalue weighted by Gasteiger charge is 2.30. The number of hydrogen-bond acceptors (Lipinski definition) is 4. The standard InChI is InChI=1S/C16H16F3N3O3/c17-16(18,19)12-3-1-10(2-4-12)9-13-20-14(25-21-13)11-5-7-22(8-6-11)15(23)24/h1-4,11H,5-9H2,(H,23,24). The van der Waals surface area contributed by atoms with Gasteiger partial charge in [-0.3, -0.25) is 0 Å². The fourth-order valence-corrected chi connectivity index (χ4v) is 2.82. The fourth-order valence-electron chi connectivity index (χ4n) is 2.82. The number of rotatable bonds is 3. The highest BCUT2D eigenvalue weighted by Crippen LogP contribution is 2.30. The van der Waals surface area contributed by atoms with E-state index in [1.165, 1.54) is 17.0 Å². The van der Waals surface area contributed by atoms with E-state index >= 15 is 0 Å². The third kappa shape index (κ3) is 4.09. The monoisotopic (exact) mass is 355 g/mol. The molecule has 1 saturated heterocycles. The Labute approximate surface area is 141 Å². The number of alkyl halides is 3. The van der Waals surface area contributed by atoms with Crippen LogP contribution >= 0.6 is 0 Å². The highest BCUT2D eigenvalue weighted by molar-refractivity contribution is 5.65. The summed E-state index contributed by atoms with van der Waals surface area (Å²) in [5.41, 5.74) is -0.0451. The van der Waals surface area contributed by atoms with Crippen LogP contribution in [0.4, 0.5) is 18.0 Å². The van der Waals surface area contributed by atoms with Gasteiger partial charge in [0.2, 0.25) is 5.89 Å². The minimum absolute atomic E-state index is 0.00413. The summed E-state index contributed by atoms with van der Waals surface area (Å²) in [5, 5.41) is 12.8. The van der Waals surface area contributed by atoms with Crippen molar-refractivity contribution in [2.45, 2.75) is 31.4 Å². The molecular formula is C16H16F3N3O3. The zero-order valence-corrected chi connectivity index (χ0v) is 13.2. The quantitative estimate of drug-likeness (QED) is 0.911. The van der Waals surface area contributed by atoms with Crippen molar-refractivity contribution in [2.75, 3.05) is 13.1 Å². The molecule has 1 aromatic heterocycles. The summed E-state index contributed by atoms with van der Waals surface area (Å²) < 4.78 is 42.9. The van der Waals surface area contributed by atoms with Gasteiger partial charge in [0, 0.05) is 25.4 Å². The van der Waals surface area contributed by atoms with E-state index in [2.05, 4.69) is 10.1 Å². The third-order valence-corrected chi connectivity index (χ3v) is 4.24. The largest absolute Gasteiger partial charge is 0.465 e. The number of piperidine rings is 1. The second-order valence-corrected chi connectivity index (χ2v) is 5.96. The van der Waals surface area contributed by atoms with Crippen LogP contribution in [0.25, 0.3) is 0 Å². The molecular weight excluding hydrogens is 339 g/mol. The van der Waals surface area contributed by atoms with E-state index in [9.17, 15) is 18.0 Å². The molecule has 1 aliphatic heterocycles. The Balaban J connectivity index is 1.61. The van der Waals surface area contributed by atoms with E-state index in [0.29, 0.717) is 43.2 Å². The SMILES string of the molecule is O=C(O)N1CCC(c2nc(Cc3ccc(C(F)(F)F)cc3)no2)CC1. The molecule has 134 valence electrons. The molecule has 2 heterocycles. The van der Waals surface area contributed by atoms with Crippen molar-refractivity contribution in [3.63, 3.8) is 0 Å². The molecule has 0 aliphatic carbocycles. The van der Waals surface area contributed by atoms with Gasteiger partial charge in [0.1, 0.15) is 0 Å². The molecule has 2 aromatic rings. The zero-order valence-electron chi connectivity index (χ0n) is 13.2. The molecule has 0 saturated carbocycles. The number of aromatic nitrogens is 2. The van der Waals surface area contributed by atoms with E-state index in [0.717, 1.165) is 12.1 Å². The van der Waals surface area contributed by atoms with Crippen molar-refractivity contribution in [1.82, 2.24) is 15.0 Å². The van der Waals surface area contributed by atoms with Gasteiger partial charge in [-0.25, -0.2) is 4.79 Å². The lowest BCUT2D eigenvalue weighted by atomic mass is 9.97. The summed E-state index contributed by atoms with van der Waals surface area (Å²) in [6, 6.07) is 4.84. The van der Waals surface area contributed by atoms with Gasteiger partial charge in [-0.05, 0) is 30.5 Å². The van der Waals surface area contributed by atoms with Crippen LogP contribution in [0.2, 0.25) is 0 Å². The van der Waals surface area contributed by atoms with Crippen molar-refractivity contribution in [2.24, 2.45) is 0 Å². The summed E-state index contributed by atoms with van der Waals surface area (Å²) in [5.74, 6) is 0.854. The number of carboxylic acid groups (broad SMARTS) is 1. The van der Waals surface area contributed by atoms with Gasteiger partial charge < -0.3 is 14.5 Å². The molecule has 6 nitrogen and oxygen atoms in total. The van der Waals surface area contributed by atoms with Crippen LogP contribution in [0, 0.1) is 0 Å².